The number of carbonyl (C=O) groups is 1. The summed E-state index contributed by atoms with van der Waals surface area (Å²) in [5.74, 6) is 0.0121. The fourth-order valence-electron chi connectivity index (χ4n) is 2.06. The van der Waals surface area contributed by atoms with E-state index >= 15 is 0 Å². The monoisotopic (exact) mass is 316 g/mol. The van der Waals surface area contributed by atoms with Gasteiger partial charge in [0.15, 0.2) is 0 Å². The van der Waals surface area contributed by atoms with Gasteiger partial charge in [0.05, 0.1) is 16.8 Å². The second kappa shape index (κ2) is 7.72. The van der Waals surface area contributed by atoms with Crippen LogP contribution in [0.15, 0.2) is 18.2 Å². The lowest BCUT2D eigenvalue weighted by atomic mass is 10.2. The zero-order valence-electron chi connectivity index (χ0n) is 11.1. The molecule has 20 heavy (non-hydrogen) atoms. The van der Waals surface area contributed by atoms with Crippen LogP contribution in [0.1, 0.15) is 19.3 Å². The average molecular weight is 317 g/mol. The van der Waals surface area contributed by atoms with E-state index in [0.29, 0.717) is 29.6 Å². The SMILES string of the molecule is O=C(CCNc1ccc(Cl)cc1Cl)NCC1CCCO1. The first-order valence-corrected chi connectivity index (χ1v) is 7.48. The number of ether oxygens (including phenoxy) is 1. The summed E-state index contributed by atoms with van der Waals surface area (Å²) in [7, 11) is 0. The van der Waals surface area contributed by atoms with E-state index in [9.17, 15) is 4.79 Å². The Morgan fingerprint density at radius 2 is 2.25 bits per heavy atom. The molecule has 0 bridgehead atoms. The summed E-state index contributed by atoms with van der Waals surface area (Å²) in [6.07, 6.45) is 2.68. The Hall–Kier alpha value is -0.970. The Bertz CT molecular complexity index is 462. The molecule has 6 heteroatoms. The molecule has 110 valence electrons. The van der Waals surface area contributed by atoms with Crippen LogP contribution in [-0.2, 0) is 9.53 Å². The first-order valence-electron chi connectivity index (χ1n) is 6.72. The fourth-order valence-corrected chi connectivity index (χ4v) is 2.54. The molecule has 0 radical (unpaired) electrons. The molecule has 2 rings (SSSR count). The standard InChI is InChI=1S/C14H18Cl2N2O2/c15-10-3-4-13(12(16)8-10)17-6-5-14(19)18-9-11-2-1-7-20-11/h3-4,8,11,17H,1-2,5-7,9H2,(H,18,19). The smallest absolute Gasteiger partial charge is 0.221 e. The number of hydrogen-bond acceptors (Lipinski definition) is 3. The number of anilines is 1. The summed E-state index contributed by atoms with van der Waals surface area (Å²) in [5, 5.41) is 7.14. The topological polar surface area (TPSA) is 50.4 Å². The molecule has 1 unspecified atom stereocenters. The molecule has 0 spiro atoms. The molecule has 1 fully saturated rings. The van der Waals surface area contributed by atoms with Crippen molar-refractivity contribution in [2.75, 3.05) is 25.0 Å². The number of nitrogens with one attached hydrogen (secondary N) is 2. The minimum Gasteiger partial charge on any atom is -0.383 e. The van der Waals surface area contributed by atoms with E-state index in [0.717, 1.165) is 25.1 Å². The molecule has 0 aliphatic carbocycles. The van der Waals surface area contributed by atoms with Gasteiger partial charge in [-0.1, -0.05) is 23.2 Å². The summed E-state index contributed by atoms with van der Waals surface area (Å²) in [6, 6.07) is 5.23. The first kappa shape index (κ1) is 15.4. The van der Waals surface area contributed by atoms with Crippen molar-refractivity contribution < 1.29 is 9.53 Å². The van der Waals surface area contributed by atoms with Gasteiger partial charge < -0.3 is 15.4 Å². The average Bonchev–Trinajstić information content (AvgIpc) is 2.92. The van der Waals surface area contributed by atoms with Crippen molar-refractivity contribution in [1.82, 2.24) is 5.32 Å². The lowest BCUT2D eigenvalue weighted by Crippen LogP contribution is -2.32. The largest absolute Gasteiger partial charge is 0.383 e. The quantitative estimate of drug-likeness (QED) is 0.848. The molecular formula is C14H18Cl2N2O2. The van der Waals surface area contributed by atoms with Gasteiger partial charge in [0.25, 0.3) is 0 Å². The fraction of sp³-hybridized carbons (Fsp3) is 0.500. The number of amides is 1. The van der Waals surface area contributed by atoms with Crippen LogP contribution in [0.2, 0.25) is 10.0 Å². The molecule has 0 aromatic heterocycles. The van der Waals surface area contributed by atoms with E-state index in [1.165, 1.54) is 0 Å². The van der Waals surface area contributed by atoms with E-state index in [1.807, 2.05) is 0 Å². The van der Waals surface area contributed by atoms with Gasteiger partial charge in [-0.2, -0.15) is 0 Å². The highest BCUT2D eigenvalue weighted by molar-refractivity contribution is 6.36. The Morgan fingerprint density at radius 1 is 1.40 bits per heavy atom. The number of benzene rings is 1. The highest BCUT2D eigenvalue weighted by Crippen LogP contribution is 2.25. The summed E-state index contributed by atoms with van der Waals surface area (Å²) in [5.41, 5.74) is 0.781. The molecular weight excluding hydrogens is 299 g/mol. The highest BCUT2D eigenvalue weighted by atomic mass is 35.5. The van der Waals surface area contributed by atoms with Crippen LogP contribution in [0.25, 0.3) is 0 Å². The van der Waals surface area contributed by atoms with Gasteiger partial charge in [-0.15, -0.1) is 0 Å². The van der Waals surface area contributed by atoms with Gasteiger partial charge >= 0.3 is 0 Å². The third-order valence-electron chi connectivity index (χ3n) is 3.15. The Kier molecular flexibility index (Phi) is 5.95. The second-order valence-electron chi connectivity index (χ2n) is 4.74. The molecule has 1 heterocycles. The summed E-state index contributed by atoms with van der Waals surface area (Å²) < 4.78 is 5.44. The van der Waals surface area contributed by atoms with E-state index in [-0.39, 0.29) is 12.0 Å². The predicted molar refractivity (Wildman–Crippen MR) is 81.6 cm³/mol. The highest BCUT2D eigenvalue weighted by Gasteiger charge is 2.15. The normalized spacial score (nSPS) is 18.0. The van der Waals surface area contributed by atoms with Crippen LogP contribution in [-0.4, -0.2) is 31.7 Å². The number of hydrogen-bond donors (Lipinski definition) is 2. The molecule has 1 aliphatic heterocycles. The van der Waals surface area contributed by atoms with Gasteiger partial charge in [0.1, 0.15) is 0 Å². The van der Waals surface area contributed by atoms with Crippen molar-refractivity contribution in [2.45, 2.75) is 25.4 Å². The summed E-state index contributed by atoms with van der Waals surface area (Å²) in [6.45, 7) is 1.93. The van der Waals surface area contributed by atoms with Crippen molar-refractivity contribution in [2.24, 2.45) is 0 Å². The van der Waals surface area contributed by atoms with Crippen LogP contribution >= 0.6 is 23.2 Å². The van der Waals surface area contributed by atoms with Gasteiger partial charge in [-0.25, -0.2) is 0 Å². The summed E-state index contributed by atoms with van der Waals surface area (Å²) >= 11 is 11.8. The molecule has 0 saturated carbocycles. The van der Waals surface area contributed by atoms with Crippen LogP contribution in [0, 0.1) is 0 Å². The van der Waals surface area contributed by atoms with E-state index in [4.69, 9.17) is 27.9 Å². The van der Waals surface area contributed by atoms with Gasteiger partial charge in [-0.3, -0.25) is 4.79 Å². The zero-order chi connectivity index (χ0) is 14.4. The summed E-state index contributed by atoms with van der Waals surface area (Å²) in [4.78, 5) is 11.7. The number of rotatable bonds is 6. The van der Waals surface area contributed by atoms with Crippen LogP contribution in [0.5, 0.6) is 0 Å². The van der Waals surface area contributed by atoms with Crippen molar-refractivity contribution in [3.63, 3.8) is 0 Å². The Balaban J connectivity index is 1.65. The lowest BCUT2D eigenvalue weighted by molar-refractivity contribution is -0.121. The van der Waals surface area contributed by atoms with Crippen molar-refractivity contribution in [3.8, 4) is 0 Å². The molecule has 4 nitrogen and oxygen atoms in total. The van der Waals surface area contributed by atoms with Crippen LogP contribution < -0.4 is 10.6 Å². The molecule has 1 aromatic carbocycles. The van der Waals surface area contributed by atoms with Crippen LogP contribution in [0.4, 0.5) is 5.69 Å². The number of halogens is 2. The van der Waals surface area contributed by atoms with Gasteiger partial charge in [0, 0.05) is 31.1 Å². The Labute approximate surface area is 128 Å². The zero-order valence-corrected chi connectivity index (χ0v) is 12.6. The maximum Gasteiger partial charge on any atom is 0.221 e. The first-order chi connectivity index (χ1) is 9.65. The van der Waals surface area contributed by atoms with Crippen LogP contribution in [0.3, 0.4) is 0 Å². The number of carbonyl (C=O) groups excluding carboxylic acids is 1. The minimum atomic E-state index is 0.0121. The molecule has 1 atom stereocenters. The third-order valence-corrected chi connectivity index (χ3v) is 3.70. The van der Waals surface area contributed by atoms with Gasteiger partial charge in [0.2, 0.25) is 5.91 Å². The van der Waals surface area contributed by atoms with E-state index in [1.54, 1.807) is 18.2 Å². The molecule has 1 amide bonds. The maximum atomic E-state index is 11.7. The van der Waals surface area contributed by atoms with Crippen molar-refractivity contribution in [3.05, 3.63) is 28.2 Å². The maximum absolute atomic E-state index is 11.7. The van der Waals surface area contributed by atoms with Gasteiger partial charge in [-0.05, 0) is 31.0 Å². The lowest BCUT2D eigenvalue weighted by Gasteiger charge is -2.12. The molecule has 1 aromatic rings. The minimum absolute atomic E-state index is 0.0121. The second-order valence-corrected chi connectivity index (χ2v) is 5.58. The molecule has 1 aliphatic rings. The predicted octanol–water partition coefficient (Wildman–Crippen LogP) is 3.09. The van der Waals surface area contributed by atoms with Crippen molar-refractivity contribution >= 4 is 34.8 Å². The third kappa shape index (κ3) is 4.85. The molecule has 2 N–H and O–H groups in total. The van der Waals surface area contributed by atoms with E-state index < -0.39 is 0 Å². The van der Waals surface area contributed by atoms with Crippen molar-refractivity contribution in [1.29, 1.82) is 0 Å². The Morgan fingerprint density at radius 3 is 2.95 bits per heavy atom. The van der Waals surface area contributed by atoms with E-state index in [2.05, 4.69) is 10.6 Å². The molecule has 1 saturated heterocycles.